The second-order valence-corrected chi connectivity index (χ2v) is 4.84. The Kier molecular flexibility index (Phi) is 4.34. The van der Waals surface area contributed by atoms with Crippen molar-refractivity contribution in [2.75, 3.05) is 12.4 Å². The second-order valence-electron chi connectivity index (χ2n) is 3.92. The van der Waals surface area contributed by atoms with Gasteiger partial charge in [-0.05, 0) is 30.3 Å². The van der Waals surface area contributed by atoms with Gasteiger partial charge in [-0.3, -0.25) is 4.79 Å². The fraction of sp³-hybridized carbons (Fsp3) is 0.0714. The molecule has 1 amide bonds. The first-order valence-electron chi connectivity index (χ1n) is 5.61. The van der Waals surface area contributed by atoms with Gasteiger partial charge in [0, 0.05) is 10.5 Å². The maximum absolute atomic E-state index is 13.5. The first kappa shape index (κ1) is 14.5. The molecule has 0 saturated heterocycles. The maximum Gasteiger partial charge on any atom is 0.259 e. The first-order valence-corrected chi connectivity index (χ1v) is 6.40. The third-order valence-electron chi connectivity index (χ3n) is 2.59. The minimum atomic E-state index is -0.840. The van der Waals surface area contributed by atoms with E-state index in [4.69, 9.17) is 4.74 Å². The van der Waals surface area contributed by atoms with Crippen molar-refractivity contribution in [3.05, 3.63) is 58.1 Å². The number of anilines is 1. The van der Waals surface area contributed by atoms with Gasteiger partial charge in [0.1, 0.15) is 17.4 Å². The monoisotopic (exact) mass is 341 g/mol. The van der Waals surface area contributed by atoms with Gasteiger partial charge in [0.05, 0.1) is 18.4 Å². The molecule has 0 radical (unpaired) electrons. The van der Waals surface area contributed by atoms with E-state index in [1.54, 1.807) is 18.2 Å². The number of amides is 1. The molecule has 3 nitrogen and oxygen atoms in total. The minimum Gasteiger partial charge on any atom is -0.496 e. The lowest BCUT2D eigenvalue weighted by Gasteiger charge is -2.10. The molecule has 0 aliphatic carbocycles. The van der Waals surface area contributed by atoms with Crippen molar-refractivity contribution >= 4 is 27.5 Å². The van der Waals surface area contributed by atoms with Gasteiger partial charge in [-0.25, -0.2) is 8.78 Å². The van der Waals surface area contributed by atoms with Gasteiger partial charge in [0.15, 0.2) is 0 Å². The Balaban J connectivity index is 2.30. The smallest absolute Gasteiger partial charge is 0.259 e. The molecule has 104 valence electrons. The van der Waals surface area contributed by atoms with Crippen LogP contribution in [0, 0.1) is 11.6 Å². The molecule has 0 atom stereocenters. The Hall–Kier alpha value is -1.95. The fourth-order valence-electron chi connectivity index (χ4n) is 1.64. The van der Waals surface area contributed by atoms with Crippen LogP contribution in [0.25, 0.3) is 0 Å². The van der Waals surface area contributed by atoms with Crippen LogP contribution >= 0.6 is 15.9 Å². The SMILES string of the molecule is COc1ccc(Br)cc1C(=O)Nc1ccc(F)cc1F. The lowest BCUT2D eigenvalue weighted by molar-refractivity contribution is 0.102. The van der Waals surface area contributed by atoms with E-state index in [1.165, 1.54) is 7.11 Å². The lowest BCUT2D eigenvalue weighted by Crippen LogP contribution is -2.14. The van der Waals surface area contributed by atoms with Crippen molar-refractivity contribution in [1.29, 1.82) is 0 Å². The largest absolute Gasteiger partial charge is 0.496 e. The van der Waals surface area contributed by atoms with E-state index in [2.05, 4.69) is 21.2 Å². The summed E-state index contributed by atoms with van der Waals surface area (Å²) in [5, 5.41) is 2.37. The van der Waals surface area contributed by atoms with E-state index in [0.717, 1.165) is 12.1 Å². The van der Waals surface area contributed by atoms with Gasteiger partial charge in [0.2, 0.25) is 0 Å². The molecule has 0 saturated carbocycles. The number of halogens is 3. The molecule has 2 aromatic carbocycles. The molecule has 1 N–H and O–H groups in total. The summed E-state index contributed by atoms with van der Waals surface area (Å²) in [6.07, 6.45) is 0. The van der Waals surface area contributed by atoms with E-state index >= 15 is 0 Å². The van der Waals surface area contributed by atoms with Crippen molar-refractivity contribution in [2.24, 2.45) is 0 Å². The molecule has 0 heterocycles. The van der Waals surface area contributed by atoms with Crippen molar-refractivity contribution in [2.45, 2.75) is 0 Å². The Morgan fingerprint density at radius 2 is 1.95 bits per heavy atom. The number of nitrogens with one attached hydrogen (secondary N) is 1. The van der Waals surface area contributed by atoms with E-state index in [1.807, 2.05) is 0 Å². The molecule has 0 spiro atoms. The Labute approximate surface area is 122 Å². The normalized spacial score (nSPS) is 10.2. The lowest BCUT2D eigenvalue weighted by atomic mass is 10.2. The van der Waals surface area contributed by atoms with Gasteiger partial charge < -0.3 is 10.1 Å². The number of methoxy groups -OCH3 is 1. The van der Waals surface area contributed by atoms with Crippen LogP contribution in [0.1, 0.15) is 10.4 Å². The average Bonchev–Trinajstić information content (AvgIpc) is 2.41. The molecule has 2 rings (SSSR count). The summed E-state index contributed by atoms with van der Waals surface area (Å²) in [5.74, 6) is -1.74. The molecule has 0 aliphatic rings. The van der Waals surface area contributed by atoms with Crippen LogP contribution in [0.4, 0.5) is 14.5 Å². The predicted molar refractivity (Wildman–Crippen MR) is 75.0 cm³/mol. The second kappa shape index (κ2) is 6.00. The van der Waals surface area contributed by atoms with Crippen molar-refractivity contribution in [1.82, 2.24) is 0 Å². The third kappa shape index (κ3) is 3.14. The highest BCUT2D eigenvalue weighted by atomic mass is 79.9. The van der Waals surface area contributed by atoms with Gasteiger partial charge in [-0.15, -0.1) is 0 Å². The molecule has 6 heteroatoms. The van der Waals surface area contributed by atoms with Crippen molar-refractivity contribution < 1.29 is 18.3 Å². The number of ether oxygens (including phenoxy) is 1. The van der Waals surface area contributed by atoms with E-state index in [0.29, 0.717) is 16.3 Å². The topological polar surface area (TPSA) is 38.3 Å². The van der Waals surface area contributed by atoms with E-state index in [9.17, 15) is 13.6 Å². The molecule has 0 unspecified atom stereocenters. The van der Waals surface area contributed by atoms with Crippen LogP contribution in [0.3, 0.4) is 0 Å². The minimum absolute atomic E-state index is 0.0987. The quantitative estimate of drug-likeness (QED) is 0.916. The Morgan fingerprint density at radius 3 is 2.60 bits per heavy atom. The number of benzene rings is 2. The average molecular weight is 342 g/mol. The van der Waals surface area contributed by atoms with Gasteiger partial charge in [-0.1, -0.05) is 15.9 Å². The van der Waals surface area contributed by atoms with Gasteiger partial charge >= 0.3 is 0 Å². The van der Waals surface area contributed by atoms with Crippen LogP contribution in [0.5, 0.6) is 5.75 Å². The molecule has 0 fully saturated rings. The van der Waals surface area contributed by atoms with E-state index in [-0.39, 0.29) is 11.3 Å². The number of hydrogen-bond acceptors (Lipinski definition) is 2. The summed E-state index contributed by atoms with van der Waals surface area (Å²) in [4.78, 5) is 12.1. The Morgan fingerprint density at radius 1 is 1.20 bits per heavy atom. The van der Waals surface area contributed by atoms with Crippen molar-refractivity contribution in [3.8, 4) is 5.75 Å². The summed E-state index contributed by atoms with van der Waals surface area (Å²) < 4.78 is 32.1. The first-order chi connectivity index (χ1) is 9.51. The summed E-state index contributed by atoms with van der Waals surface area (Å²) in [5.41, 5.74) is 0.143. The molecule has 20 heavy (non-hydrogen) atoms. The Bertz CT molecular complexity index is 662. The van der Waals surface area contributed by atoms with Gasteiger partial charge in [-0.2, -0.15) is 0 Å². The highest BCUT2D eigenvalue weighted by molar-refractivity contribution is 9.10. The standard InChI is InChI=1S/C14H10BrF2NO2/c1-20-13-5-2-8(15)6-10(13)14(19)18-12-4-3-9(16)7-11(12)17/h2-7H,1H3,(H,18,19). The molecular formula is C14H10BrF2NO2. The van der Waals surface area contributed by atoms with Crippen LogP contribution in [0.2, 0.25) is 0 Å². The maximum atomic E-state index is 13.5. The number of rotatable bonds is 3. The zero-order valence-electron chi connectivity index (χ0n) is 10.4. The molecule has 2 aromatic rings. The third-order valence-corrected chi connectivity index (χ3v) is 3.08. The highest BCUT2D eigenvalue weighted by Crippen LogP contribution is 2.24. The van der Waals surface area contributed by atoms with Crippen LogP contribution in [-0.4, -0.2) is 13.0 Å². The van der Waals surface area contributed by atoms with Crippen LogP contribution in [0.15, 0.2) is 40.9 Å². The number of carbonyl (C=O) groups excluding carboxylic acids is 1. The number of hydrogen-bond donors (Lipinski definition) is 1. The molecule has 0 bridgehead atoms. The van der Waals surface area contributed by atoms with E-state index < -0.39 is 17.5 Å². The van der Waals surface area contributed by atoms with Crippen molar-refractivity contribution in [3.63, 3.8) is 0 Å². The predicted octanol–water partition coefficient (Wildman–Crippen LogP) is 3.99. The number of carbonyl (C=O) groups is 1. The highest BCUT2D eigenvalue weighted by Gasteiger charge is 2.15. The zero-order valence-corrected chi connectivity index (χ0v) is 12.0. The zero-order chi connectivity index (χ0) is 14.7. The molecule has 0 aliphatic heterocycles. The van der Waals surface area contributed by atoms with Crippen LogP contribution < -0.4 is 10.1 Å². The molecular weight excluding hydrogens is 332 g/mol. The van der Waals surface area contributed by atoms with Crippen LogP contribution in [-0.2, 0) is 0 Å². The molecule has 0 aromatic heterocycles. The summed E-state index contributed by atoms with van der Waals surface area (Å²) in [7, 11) is 1.43. The summed E-state index contributed by atoms with van der Waals surface area (Å²) in [6.45, 7) is 0. The van der Waals surface area contributed by atoms with Gasteiger partial charge in [0.25, 0.3) is 5.91 Å². The summed E-state index contributed by atoms with van der Waals surface area (Å²) in [6, 6.07) is 7.81. The fourth-order valence-corrected chi connectivity index (χ4v) is 2.00. The summed E-state index contributed by atoms with van der Waals surface area (Å²) >= 11 is 3.24.